The van der Waals surface area contributed by atoms with Crippen molar-refractivity contribution in [2.45, 2.75) is 39.7 Å². The number of rotatable bonds is 9. The molecule has 8 nitrogen and oxygen atoms in total. The van der Waals surface area contributed by atoms with Crippen LogP contribution in [0.5, 0.6) is 0 Å². The zero-order chi connectivity index (χ0) is 18.5. The van der Waals surface area contributed by atoms with E-state index < -0.39 is 17.9 Å². The van der Waals surface area contributed by atoms with Crippen LogP contribution in [-0.2, 0) is 14.3 Å². The van der Waals surface area contributed by atoms with Gasteiger partial charge >= 0.3 is 6.09 Å². The van der Waals surface area contributed by atoms with Crippen molar-refractivity contribution in [3.63, 3.8) is 0 Å². The predicted octanol–water partition coefficient (Wildman–Crippen LogP) is 0.631. The highest BCUT2D eigenvalue weighted by molar-refractivity contribution is 6.02. The van der Waals surface area contributed by atoms with Crippen LogP contribution in [0.15, 0.2) is 0 Å². The van der Waals surface area contributed by atoms with Crippen LogP contribution in [-0.4, -0.2) is 60.9 Å². The third-order valence-corrected chi connectivity index (χ3v) is 3.01. The van der Waals surface area contributed by atoms with E-state index in [4.69, 9.17) is 9.84 Å². The van der Waals surface area contributed by atoms with Crippen LogP contribution in [0.4, 0.5) is 4.79 Å². The second-order valence-electron chi connectivity index (χ2n) is 5.82. The summed E-state index contributed by atoms with van der Waals surface area (Å²) in [4.78, 5) is 34.4. The lowest BCUT2D eigenvalue weighted by atomic mass is 10.1. The number of nitrogens with zero attached hydrogens (tertiary/aromatic N) is 1. The number of carboxylic acid groups (broad SMARTS) is 1. The van der Waals surface area contributed by atoms with Crippen molar-refractivity contribution in [1.29, 1.82) is 0 Å². The number of hydrogen-bond donors (Lipinski definition) is 3. The second-order valence-corrected chi connectivity index (χ2v) is 5.82. The van der Waals surface area contributed by atoms with Crippen LogP contribution >= 0.6 is 0 Å². The van der Waals surface area contributed by atoms with Crippen molar-refractivity contribution in [3.8, 4) is 11.8 Å². The number of carbonyl (C=O) groups is 3. The first-order valence-corrected chi connectivity index (χ1v) is 7.85. The number of nitrogens with one attached hydrogen (secondary N) is 2. The highest BCUT2D eigenvalue weighted by Crippen LogP contribution is 1.98. The smallest absolute Gasteiger partial charge is 0.408 e. The average Bonchev–Trinajstić information content (AvgIpc) is 2.50. The molecule has 0 aromatic carbocycles. The van der Waals surface area contributed by atoms with Crippen molar-refractivity contribution in [3.05, 3.63) is 0 Å². The van der Waals surface area contributed by atoms with Gasteiger partial charge in [-0.25, -0.2) is 4.79 Å². The molecule has 0 spiro atoms. The SMILES string of the molecule is CC(C)CCNC(=O)C#CC(=O)NCCC(C)OCN(C)C(=O)O. The Morgan fingerprint density at radius 2 is 1.54 bits per heavy atom. The molecule has 0 aliphatic heterocycles. The van der Waals surface area contributed by atoms with E-state index in [1.54, 1.807) is 6.92 Å². The van der Waals surface area contributed by atoms with Crippen LogP contribution in [0, 0.1) is 17.8 Å². The third-order valence-electron chi connectivity index (χ3n) is 3.01. The molecule has 1 unspecified atom stereocenters. The predicted molar refractivity (Wildman–Crippen MR) is 89.1 cm³/mol. The van der Waals surface area contributed by atoms with Crippen molar-refractivity contribution >= 4 is 17.9 Å². The van der Waals surface area contributed by atoms with E-state index in [2.05, 4.69) is 36.3 Å². The molecule has 0 heterocycles. The van der Waals surface area contributed by atoms with Crippen molar-refractivity contribution in [2.75, 3.05) is 26.9 Å². The van der Waals surface area contributed by atoms with E-state index >= 15 is 0 Å². The molecule has 3 N–H and O–H groups in total. The topological polar surface area (TPSA) is 108 Å². The molecule has 0 aliphatic carbocycles. The number of amides is 3. The molecule has 24 heavy (non-hydrogen) atoms. The zero-order valence-electron chi connectivity index (χ0n) is 14.7. The van der Waals surface area contributed by atoms with E-state index in [1.165, 1.54) is 7.05 Å². The minimum absolute atomic E-state index is 0.0409. The summed E-state index contributed by atoms with van der Waals surface area (Å²) < 4.78 is 5.30. The lowest BCUT2D eigenvalue weighted by molar-refractivity contribution is -0.117. The quantitative estimate of drug-likeness (QED) is 0.421. The van der Waals surface area contributed by atoms with Gasteiger partial charge in [0, 0.05) is 32.0 Å². The van der Waals surface area contributed by atoms with E-state index in [9.17, 15) is 14.4 Å². The Morgan fingerprint density at radius 3 is 2.00 bits per heavy atom. The maximum Gasteiger partial charge on any atom is 0.408 e. The Morgan fingerprint density at radius 1 is 1.04 bits per heavy atom. The van der Waals surface area contributed by atoms with E-state index in [0.717, 1.165) is 11.3 Å². The lowest BCUT2D eigenvalue weighted by Crippen LogP contribution is -2.31. The molecule has 0 bridgehead atoms. The summed E-state index contributed by atoms with van der Waals surface area (Å²) in [6.07, 6.45) is 0.0626. The van der Waals surface area contributed by atoms with Crippen LogP contribution in [0.25, 0.3) is 0 Å². The number of hydrogen-bond acceptors (Lipinski definition) is 4. The summed E-state index contributed by atoms with van der Waals surface area (Å²) >= 11 is 0. The Kier molecular flexibility index (Phi) is 11.0. The van der Waals surface area contributed by atoms with Crippen molar-refractivity contribution < 1.29 is 24.2 Å². The van der Waals surface area contributed by atoms with Gasteiger partial charge < -0.3 is 20.5 Å². The highest BCUT2D eigenvalue weighted by Gasteiger charge is 2.08. The van der Waals surface area contributed by atoms with Crippen LogP contribution in [0.2, 0.25) is 0 Å². The van der Waals surface area contributed by atoms with Crippen molar-refractivity contribution in [2.24, 2.45) is 5.92 Å². The Hall–Kier alpha value is -2.27. The molecule has 0 fully saturated rings. The van der Waals surface area contributed by atoms with Gasteiger partial charge in [0.05, 0.1) is 6.10 Å². The minimum atomic E-state index is -1.07. The molecular weight excluding hydrogens is 314 g/mol. The van der Waals surface area contributed by atoms with E-state index in [-0.39, 0.29) is 12.8 Å². The summed E-state index contributed by atoms with van der Waals surface area (Å²) in [6.45, 7) is 6.69. The average molecular weight is 341 g/mol. The van der Waals surface area contributed by atoms with Crippen LogP contribution < -0.4 is 10.6 Å². The molecule has 0 saturated carbocycles. The molecule has 0 radical (unpaired) electrons. The standard InChI is InChI=1S/C16H27N3O5/c1-12(2)7-9-17-14(20)5-6-15(21)18-10-8-13(3)24-11-19(4)16(22)23/h12-13H,7-11H2,1-4H3,(H,17,20)(H,18,21)(H,22,23). The Labute approximate surface area is 142 Å². The molecule has 3 amide bonds. The largest absolute Gasteiger partial charge is 0.465 e. The third kappa shape index (κ3) is 12.3. The molecule has 0 aromatic heterocycles. The maximum absolute atomic E-state index is 11.5. The Balaban J connectivity index is 3.88. The number of ether oxygens (including phenoxy) is 1. The first kappa shape index (κ1) is 21.7. The highest BCUT2D eigenvalue weighted by atomic mass is 16.5. The molecule has 0 aliphatic rings. The summed E-state index contributed by atoms with van der Waals surface area (Å²) in [5.74, 6) is 3.93. The second kappa shape index (κ2) is 12.2. The fourth-order valence-electron chi connectivity index (χ4n) is 1.44. The molecule has 0 aromatic rings. The fraction of sp³-hybridized carbons (Fsp3) is 0.688. The molecule has 0 saturated heterocycles. The summed E-state index contributed by atoms with van der Waals surface area (Å²) in [7, 11) is 1.40. The van der Waals surface area contributed by atoms with Crippen molar-refractivity contribution in [1.82, 2.24) is 15.5 Å². The Bertz CT molecular complexity index is 482. The zero-order valence-corrected chi connectivity index (χ0v) is 14.7. The summed E-state index contributed by atoms with van der Waals surface area (Å²) in [5.41, 5.74) is 0. The first-order valence-electron chi connectivity index (χ1n) is 7.85. The molecule has 1 atom stereocenters. The maximum atomic E-state index is 11.5. The summed E-state index contributed by atoms with van der Waals surface area (Å²) in [5, 5.41) is 13.8. The van der Waals surface area contributed by atoms with Gasteiger partial charge in [0.15, 0.2) is 0 Å². The van der Waals surface area contributed by atoms with Gasteiger partial charge in [-0.2, -0.15) is 0 Å². The molecule has 136 valence electrons. The van der Waals surface area contributed by atoms with Gasteiger partial charge in [0.25, 0.3) is 11.8 Å². The van der Waals surface area contributed by atoms with Crippen LogP contribution in [0.3, 0.4) is 0 Å². The van der Waals surface area contributed by atoms with E-state index in [1.807, 2.05) is 0 Å². The molecule has 8 heteroatoms. The molecule has 0 rings (SSSR count). The molecular formula is C16H27N3O5. The van der Waals surface area contributed by atoms with Gasteiger partial charge in [0.2, 0.25) is 0 Å². The summed E-state index contributed by atoms with van der Waals surface area (Å²) in [6, 6.07) is 0. The van der Waals surface area contributed by atoms with Gasteiger partial charge in [-0.3, -0.25) is 14.5 Å². The number of carbonyl (C=O) groups excluding carboxylic acids is 2. The van der Waals surface area contributed by atoms with E-state index in [0.29, 0.717) is 25.4 Å². The van der Waals surface area contributed by atoms with Gasteiger partial charge in [-0.05, 0) is 25.7 Å². The lowest BCUT2D eigenvalue weighted by Gasteiger charge is -2.17. The van der Waals surface area contributed by atoms with Gasteiger partial charge in [-0.1, -0.05) is 13.8 Å². The van der Waals surface area contributed by atoms with Gasteiger partial charge in [-0.15, -0.1) is 0 Å². The van der Waals surface area contributed by atoms with Crippen LogP contribution in [0.1, 0.15) is 33.6 Å². The normalized spacial score (nSPS) is 11.2. The fourth-order valence-corrected chi connectivity index (χ4v) is 1.44. The first-order chi connectivity index (χ1) is 11.2. The monoisotopic (exact) mass is 341 g/mol. The minimum Gasteiger partial charge on any atom is -0.465 e. The van der Waals surface area contributed by atoms with Gasteiger partial charge in [0.1, 0.15) is 6.73 Å².